The van der Waals surface area contributed by atoms with E-state index in [0.717, 1.165) is 12.1 Å². The maximum absolute atomic E-state index is 14.0. The van der Waals surface area contributed by atoms with Gasteiger partial charge < -0.3 is 0 Å². The molecule has 3 rings (SSSR count). The molecule has 0 bridgehead atoms. The maximum Gasteiger partial charge on any atom is 0.523 e. The second-order valence-corrected chi connectivity index (χ2v) is 9.37. The van der Waals surface area contributed by atoms with Crippen LogP contribution in [0.15, 0.2) is 57.9 Å². The van der Waals surface area contributed by atoms with Crippen LogP contribution >= 0.6 is 10.3 Å². The van der Waals surface area contributed by atoms with Gasteiger partial charge in [-0.3, -0.25) is 0 Å². The van der Waals surface area contributed by atoms with Crippen LogP contribution in [-0.4, -0.2) is 19.4 Å². The first-order valence-corrected chi connectivity index (χ1v) is 9.48. The molecule has 0 fully saturated rings. The summed E-state index contributed by atoms with van der Waals surface area (Å²) in [4.78, 5) is -1.26. The summed E-state index contributed by atoms with van der Waals surface area (Å²) in [6.07, 6.45) is 4.89. The highest BCUT2D eigenvalue weighted by molar-refractivity contribution is 8.37. The van der Waals surface area contributed by atoms with Gasteiger partial charge in [0.2, 0.25) is 0 Å². The number of benzene rings is 1. The third-order valence-electron chi connectivity index (χ3n) is 3.46. The van der Waals surface area contributed by atoms with E-state index in [4.69, 9.17) is 0 Å². The van der Waals surface area contributed by atoms with E-state index in [1.54, 1.807) is 0 Å². The standard InChI is InChI=1S/C14H8F6O3S2/c15-13(16,17)24(23-25(21,22)14(18,19)20)11-7-2-1-4-10(11)8-12(24)9-5-3-6-9/h1-8H. The molecule has 0 spiro atoms. The van der Waals surface area contributed by atoms with Gasteiger partial charge in [-0.05, 0) is 23.3 Å². The molecule has 0 aromatic heterocycles. The van der Waals surface area contributed by atoms with Gasteiger partial charge in [-0.15, -0.1) is 0 Å². The van der Waals surface area contributed by atoms with Gasteiger partial charge >= 0.3 is 21.1 Å². The molecule has 3 nitrogen and oxygen atoms in total. The molecular formula is C14H8F6O3S2. The van der Waals surface area contributed by atoms with Crippen molar-refractivity contribution in [3.05, 3.63) is 58.5 Å². The largest absolute Gasteiger partial charge is 0.523 e. The van der Waals surface area contributed by atoms with Crippen LogP contribution < -0.4 is 0 Å². The highest BCUT2D eigenvalue weighted by Gasteiger charge is 2.64. The number of alkyl halides is 6. The predicted octanol–water partition coefficient (Wildman–Crippen LogP) is 5.00. The summed E-state index contributed by atoms with van der Waals surface area (Å²) < 4.78 is 107. The Bertz CT molecular complexity index is 925. The van der Waals surface area contributed by atoms with Crippen molar-refractivity contribution in [1.29, 1.82) is 0 Å². The molecule has 2 aliphatic rings. The number of fused-ring (bicyclic) bond motifs is 1. The van der Waals surface area contributed by atoms with Crippen molar-refractivity contribution >= 4 is 26.5 Å². The topological polar surface area (TPSA) is 43.4 Å². The molecule has 1 aromatic rings. The zero-order chi connectivity index (χ0) is 18.7. The van der Waals surface area contributed by atoms with E-state index < -0.39 is 41.2 Å². The third kappa shape index (κ3) is 2.61. The van der Waals surface area contributed by atoms with E-state index >= 15 is 0 Å². The van der Waals surface area contributed by atoms with Crippen LogP contribution in [0.25, 0.3) is 6.08 Å². The van der Waals surface area contributed by atoms with Crippen LogP contribution in [0.1, 0.15) is 5.56 Å². The van der Waals surface area contributed by atoms with Crippen LogP contribution in [0.5, 0.6) is 0 Å². The van der Waals surface area contributed by atoms with Gasteiger partial charge in [-0.25, -0.2) is 0 Å². The highest BCUT2D eigenvalue weighted by atomic mass is 32.3. The van der Waals surface area contributed by atoms with Crippen molar-refractivity contribution in [2.24, 2.45) is 0 Å². The molecule has 0 saturated heterocycles. The zero-order valence-electron chi connectivity index (χ0n) is 11.9. The number of rotatable bonds is 3. The van der Waals surface area contributed by atoms with Crippen LogP contribution in [-0.2, 0) is 13.7 Å². The monoisotopic (exact) mass is 402 g/mol. The maximum atomic E-state index is 14.0. The fraction of sp³-hybridized carbons (Fsp3) is 0.143. The molecule has 0 radical (unpaired) electrons. The first-order valence-electron chi connectivity index (χ1n) is 6.52. The Morgan fingerprint density at radius 1 is 1.00 bits per heavy atom. The minimum Gasteiger partial charge on any atom is -0.196 e. The molecule has 1 aliphatic carbocycles. The van der Waals surface area contributed by atoms with Gasteiger partial charge in [0.25, 0.3) is 0 Å². The summed E-state index contributed by atoms with van der Waals surface area (Å²) in [5.74, 6) is 0. The molecule has 11 heteroatoms. The molecule has 0 amide bonds. The number of hydrogen-bond acceptors (Lipinski definition) is 3. The smallest absolute Gasteiger partial charge is 0.196 e. The van der Waals surface area contributed by atoms with E-state index in [1.165, 1.54) is 36.4 Å². The van der Waals surface area contributed by atoms with Crippen molar-refractivity contribution in [3.63, 3.8) is 0 Å². The van der Waals surface area contributed by atoms with Crippen LogP contribution in [0, 0.1) is 0 Å². The second kappa shape index (κ2) is 5.39. The van der Waals surface area contributed by atoms with Crippen molar-refractivity contribution < 1.29 is 38.4 Å². The SMILES string of the molecule is O=S(=O)(OS1(C(F)(F)F)C(C2=CC=C2)=Cc2ccccc21)C(F)(F)F. The Labute approximate surface area is 139 Å². The Hall–Kier alpha value is -1.72. The molecule has 1 unspecified atom stereocenters. The molecule has 1 heterocycles. The lowest BCUT2D eigenvalue weighted by Gasteiger charge is -2.40. The Balaban J connectivity index is 2.28. The minimum atomic E-state index is -6.49. The van der Waals surface area contributed by atoms with Crippen molar-refractivity contribution in [3.8, 4) is 0 Å². The molecule has 1 aromatic carbocycles. The van der Waals surface area contributed by atoms with Gasteiger partial charge in [-0.1, -0.05) is 36.4 Å². The molecular weight excluding hydrogens is 394 g/mol. The summed E-state index contributed by atoms with van der Waals surface area (Å²) in [5, 5.41) is 0. The summed E-state index contributed by atoms with van der Waals surface area (Å²) in [6.45, 7) is 0. The van der Waals surface area contributed by atoms with Crippen molar-refractivity contribution in [2.45, 2.75) is 15.9 Å². The summed E-state index contributed by atoms with van der Waals surface area (Å²) >= 11 is 0. The van der Waals surface area contributed by atoms with Gasteiger partial charge in [0.05, 0.1) is 0 Å². The fourth-order valence-electron chi connectivity index (χ4n) is 2.34. The quantitative estimate of drug-likeness (QED) is 0.528. The molecule has 1 aliphatic heterocycles. The van der Waals surface area contributed by atoms with E-state index in [2.05, 4.69) is 3.63 Å². The van der Waals surface area contributed by atoms with E-state index in [-0.39, 0.29) is 11.1 Å². The first kappa shape index (κ1) is 18.1. The lowest BCUT2D eigenvalue weighted by atomic mass is 10.1. The van der Waals surface area contributed by atoms with Gasteiger partial charge in [0, 0.05) is 20.1 Å². The van der Waals surface area contributed by atoms with Crippen LogP contribution in [0.2, 0.25) is 0 Å². The zero-order valence-corrected chi connectivity index (χ0v) is 13.6. The summed E-state index contributed by atoms with van der Waals surface area (Å²) in [6, 6.07) is 4.75. The van der Waals surface area contributed by atoms with Gasteiger partial charge in [0.15, 0.2) is 0 Å². The van der Waals surface area contributed by atoms with Gasteiger partial charge in [0.1, 0.15) is 0 Å². The summed E-state index contributed by atoms with van der Waals surface area (Å²) in [7, 11) is -11.4. The minimum absolute atomic E-state index is 0.0269. The van der Waals surface area contributed by atoms with Crippen LogP contribution in [0.4, 0.5) is 26.3 Å². The van der Waals surface area contributed by atoms with Crippen molar-refractivity contribution in [1.82, 2.24) is 0 Å². The lowest BCUT2D eigenvalue weighted by Crippen LogP contribution is -2.32. The van der Waals surface area contributed by atoms with E-state index in [1.807, 2.05) is 0 Å². The number of allylic oxidation sites excluding steroid dienone is 4. The second-order valence-electron chi connectivity index (χ2n) is 5.00. The molecule has 0 N–H and O–H groups in total. The number of hydrogen-bond donors (Lipinski definition) is 0. The Morgan fingerprint density at radius 2 is 1.60 bits per heavy atom. The molecule has 1 atom stereocenters. The van der Waals surface area contributed by atoms with Gasteiger partial charge in [-0.2, -0.15) is 38.4 Å². The highest BCUT2D eigenvalue weighted by Crippen LogP contribution is 2.79. The summed E-state index contributed by atoms with van der Waals surface area (Å²) in [5.41, 5.74) is -11.4. The Kier molecular flexibility index (Phi) is 3.90. The average molecular weight is 402 g/mol. The van der Waals surface area contributed by atoms with E-state index in [9.17, 15) is 34.8 Å². The van der Waals surface area contributed by atoms with Crippen molar-refractivity contribution in [2.75, 3.05) is 0 Å². The fourth-order valence-corrected chi connectivity index (χ4v) is 6.85. The first-order chi connectivity index (χ1) is 11.4. The molecule has 136 valence electrons. The normalized spacial score (nSPS) is 25.5. The molecule has 0 saturated carbocycles. The molecule has 25 heavy (non-hydrogen) atoms. The van der Waals surface area contributed by atoms with Crippen LogP contribution in [0.3, 0.4) is 0 Å². The third-order valence-corrected chi connectivity index (χ3v) is 8.18. The number of halogens is 6. The Morgan fingerprint density at radius 3 is 2.08 bits per heavy atom. The lowest BCUT2D eigenvalue weighted by molar-refractivity contribution is -0.0545. The predicted molar refractivity (Wildman–Crippen MR) is 79.6 cm³/mol. The van der Waals surface area contributed by atoms with E-state index in [0.29, 0.717) is 0 Å². The average Bonchev–Trinajstić information content (AvgIpc) is 2.70.